The number of esters is 2. The molecular formula is C37H69O13P. The number of carbonyl (C=O) groups excluding carboxylic acids is 2. The molecule has 51 heavy (non-hydrogen) atoms. The number of phosphoric ester groups is 1. The van der Waals surface area contributed by atoms with E-state index in [1.165, 1.54) is 57.8 Å². The number of hydrogen-bond donors (Lipinski definition) is 6. The second kappa shape index (κ2) is 29.0. The Bertz CT molecular complexity index is 964. The molecule has 0 aromatic carbocycles. The molecule has 0 saturated heterocycles. The van der Waals surface area contributed by atoms with Gasteiger partial charge in [-0.3, -0.25) is 18.6 Å². The number of phosphoric acid groups is 1. The van der Waals surface area contributed by atoms with Crippen LogP contribution in [0.25, 0.3) is 0 Å². The second-order valence-corrected chi connectivity index (χ2v) is 15.2. The summed E-state index contributed by atoms with van der Waals surface area (Å²) in [5.74, 6) is -1.11. The van der Waals surface area contributed by atoms with Crippen molar-refractivity contribution in [2.24, 2.45) is 0 Å². The SMILES string of the molecule is CCCCC/C=C\CCCCCCCC(=O)O[C@H](COC(=O)CCCCCCCCCCCC)COP(=O)(O)OC1C(O)C(O)C(O)[C@@H](O)C1O. The van der Waals surface area contributed by atoms with Gasteiger partial charge < -0.3 is 39.9 Å². The van der Waals surface area contributed by atoms with Crippen molar-refractivity contribution in [3.05, 3.63) is 12.2 Å². The largest absolute Gasteiger partial charge is 0.472 e. The van der Waals surface area contributed by atoms with Gasteiger partial charge in [0.1, 0.15) is 43.2 Å². The lowest BCUT2D eigenvalue weighted by atomic mass is 9.85. The van der Waals surface area contributed by atoms with Crippen LogP contribution < -0.4 is 0 Å². The predicted molar refractivity (Wildman–Crippen MR) is 194 cm³/mol. The van der Waals surface area contributed by atoms with E-state index in [-0.39, 0.29) is 12.8 Å². The van der Waals surface area contributed by atoms with Crippen LogP contribution in [0.1, 0.15) is 155 Å². The highest BCUT2D eigenvalue weighted by Crippen LogP contribution is 2.47. The number of unbranched alkanes of at least 4 members (excludes halogenated alkanes) is 17. The van der Waals surface area contributed by atoms with E-state index in [0.717, 1.165) is 57.8 Å². The molecule has 0 spiro atoms. The Morgan fingerprint density at radius 1 is 0.588 bits per heavy atom. The summed E-state index contributed by atoms with van der Waals surface area (Å²) >= 11 is 0. The number of allylic oxidation sites excluding steroid dienone is 2. The van der Waals surface area contributed by atoms with Crippen molar-refractivity contribution in [1.82, 2.24) is 0 Å². The molecule has 8 atom stereocenters. The van der Waals surface area contributed by atoms with Crippen LogP contribution in [0, 0.1) is 0 Å². The first-order valence-electron chi connectivity index (χ1n) is 19.5. The third kappa shape index (κ3) is 22.4. The zero-order valence-corrected chi connectivity index (χ0v) is 32.0. The molecule has 0 amide bonds. The van der Waals surface area contributed by atoms with Crippen LogP contribution in [0.5, 0.6) is 0 Å². The zero-order chi connectivity index (χ0) is 37.9. The monoisotopic (exact) mass is 752 g/mol. The fourth-order valence-corrected chi connectivity index (χ4v) is 6.84. The van der Waals surface area contributed by atoms with Crippen LogP contribution in [0.15, 0.2) is 12.2 Å². The number of hydrogen-bond acceptors (Lipinski definition) is 12. The van der Waals surface area contributed by atoms with E-state index in [9.17, 15) is 44.6 Å². The fourth-order valence-electron chi connectivity index (χ4n) is 5.87. The van der Waals surface area contributed by atoms with E-state index in [4.69, 9.17) is 18.5 Å². The standard InChI is InChI=1S/C37H69O13P/c1-3-5-7-9-11-13-15-16-18-20-22-24-26-31(39)49-29(27-47-30(38)25-23-21-19-17-14-12-10-8-6-4-2)28-48-51(45,46)50-37-35(43)33(41)32(40)34(42)36(37)44/h11,13,29,32-37,40-44H,3-10,12,14-28H2,1-2H3,(H,45,46)/b13-11-/t29-,32?,33-,34?,35?,36?,37?/m1/s1. The van der Waals surface area contributed by atoms with Crippen molar-refractivity contribution < 1.29 is 63.1 Å². The van der Waals surface area contributed by atoms with E-state index in [1.54, 1.807) is 0 Å². The Hall–Kier alpha value is -1.41. The van der Waals surface area contributed by atoms with E-state index in [0.29, 0.717) is 12.8 Å². The van der Waals surface area contributed by atoms with Crippen molar-refractivity contribution in [1.29, 1.82) is 0 Å². The van der Waals surface area contributed by atoms with Gasteiger partial charge in [-0.15, -0.1) is 0 Å². The quantitative estimate of drug-likeness (QED) is 0.0210. The van der Waals surface area contributed by atoms with E-state index >= 15 is 0 Å². The summed E-state index contributed by atoms with van der Waals surface area (Å²) in [6.07, 6.45) is 13.0. The number of carbonyl (C=O) groups is 2. The number of rotatable bonds is 31. The predicted octanol–water partition coefficient (Wildman–Crippen LogP) is 5.94. The van der Waals surface area contributed by atoms with Gasteiger partial charge in [-0.1, -0.05) is 116 Å². The Morgan fingerprint density at radius 3 is 1.53 bits per heavy atom. The maximum atomic E-state index is 12.7. The highest BCUT2D eigenvalue weighted by Gasteiger charge is 2.51. The van der Waals surface area contributed by atoms with Gasteiger partial charge >= 0.3 is 19.8 Å². The normalized spacial score (nSPS) is 24.0. The van der Waals surface area contributed by atoms with Gasteiger partial charge in [0.05, 0.1) is 6.61 Å². The highest BCUT2D eigenvalue weighted by molar-refractivity contribution is 7.47. The average molecular weight is 753 g/mol. The first-order valence-corrected chi connectivity index (χ1v) is 21.0. The van der Waals surface area contributed by atoms with Gasteiger partial charge in [-0.05, 0) is 38.5 Å². The molecule has 1 saturated carbocycles. The molecule has 14 heteroatoms. The molecule has 1 aliphatic rings. The van der Waals surface area contributed by atoms with Crippen LogP contribution in [0.4, 0.5) is 0 Å². The smallest absolute Gasteiger partial charge is 0.462 e. The Morgan fingerprint density at radius 2 is 1.00 bits per heavy atom. The molecule has 0 aromatic heterocycles. The summed E-state index contributed by atoms with van der Waals surface area (Å²) in [6, 6.07) is 0. The lowest BCUT2D eigenvalue weighted by molar-refractivity contribution is -0.220. The number of ether oxygens (including phenoxy) is 2. The summed E-state index contributed by atoms with van der Waals surface area (Å²) in [7, 11) is -5.10. The van der Waals surface area contributed by atoms with Gasteiger partial charge in [0.25, 0.3) is 0 Å². The first kappa shape index (κ1) is 47.6. The van der Waals surface area contributed by atoms with Crippen LogP contribution >= 0.6 is 7.82 Å². The number of aliphatic hydroxyl groups is 5. The Kier molecular flexibility index (Phi) is 27.1. The lowest BCUT2D eigenvalue weighted by Crippen LogP contribution is -2.64. The molecule has 0 bridgehead atoms. The summed E-state index contributed by atoms with van der Waals surface area (Å²) in [5.41, 5.74) is 0. The highest BCUT2D eigenvalue weighted by atomic mass is 31.2. The molecule has 1 rings (SSSR count). The summed E-state index contributed by atoms with van der Waals surface area (Å²) in [5, 5.41) is 49.9. The van der Waals surface area contributed by atoms with Gasteiger partial charge in [0.2, 0.25) is 0 Å². The molecule has 1 fully saturated rings. The molecule has 0 radical (unpaired) electrons. The van der Waals surface area contributed by atoms with Gasteiger partial charge in [0.15, 0.2) is 6.10 Å². The van der Waals surface area contributed by atoms with Crippen LogP contribution in [0.3, 0.4) is 0 Å². The molecule has 6 unspecified atom stereocenters. The second-order valence-electron chi connectivity index (χ2n) is 13.8. The van der Waals surface area contributed by atoms with Gasteiger partial charge in [-0.2, -0.15) is 0 Å². The van der Waals surface area contributed by atoms with E-state index in [2.05, 4.69) is 26.0 Å². The van der Waals surface area contributed by atoms with Crippen molar-refractivity contribution >= 4 is 19.8 Å². The van der Waals surface area contributed by atoms with Gasteiger partial charge in [-0.25, -0.2) is 4.57 Å². The molecule has 6 N–H and O–H groups in total. The summed E-state index contributed by atoms with van der Waals surface area (Å²) < 4.78 is 33.3. The molecule has 0 aromatic rings. The molecule has 1 aliphatic carbocycles. The minimum absolute atomic E-state index is 0.0895. The lowest BCUT2D eigenvalue weighted by Gasteiger charge is -2.41. The fraction of sp³-hybridized carbons (Fsp3) is 0.892. The average Bonchev–Trinajstić information content (AvgIpc) is 3.10. The zero-order valence-electron chi connectivity index (χ0n) is 31.2. The Balaban J connectivity index is 2.56. The Labute approximate surface area is 305 Å². The molecular weight excluding hydrogens is 683 g/mol. The van der Waals surface area contributed by atoms with E-state index < -0.39 is 75.7 Å². The molecule has 0 aliphatic heterocycles. The number of aliphatic hydroxyl groups excluding tert-OH is 5. The third-order valence-electron chi connectivity index (χ3n) is 9.11. The summed E-state index contributed by atoms with van der Waals surface area (Å²) in [6.45, 7) is 3.21. The minimum atomic E-state index is -5.10. The molecule has 300 valence electrons. The van der Waals surface area contributed by atoms with Crippen molar-refractivity contribution in [2.75, 3.05) is 13.2 Å². The van der Waals surface area contributed by atoms with Crippen molar-refractivity contribution in [2.45, 2.75) is 198 Å². The first-order chi connectivity index (χ1) is 24.4. The van der Waals surface area contributed by atoms with Crippen LogP contribution in [-0.4, -0.2) is 98.3 Å². The molecule has 0 heterocycles. The van der Waals surface area contributed by atoms with Crippen molar-refractivity contribution in [3.63, 3.8) is 0 Å². The van der Waals surface area contributed by atoms with Crippen LogP contribution in [-0.2, 0) is 32.7 Å². The maximum absolute atomic E-state index is 12.7. The minimum Gasteiger partial charge on any atom is -0.462 e. The maximum Gasteiger partial charge on any atom is 0.472 e. The topological polar surface area (TPSA) is 210 Å². The molecule has 13 nitrogen and oxygen atoms in total. The van der Waals surface area contributed by atoms with Crippen LogP contribution in [0.2, 0.25) is 0 Å². The van der Waals surface area contributed by atoms with E-state index in [1.807, 2.05) is 0 Å². The van der Waals surface area contributed by atoms with Crippen molar-refractivity contribution in [3.8, 4) is 0 Å². The third-order valence-corrected chi connectivity index (χ3v) is 10.1. The summed E-state index contributed by atoms with van der Waals surface area (Å²) in [4.78, 5) is 35.4. The van der Waals surface area contributed by atoms with Gasteiger partial charge in [0, 0.05) is 12.8 Å².